The van der Waals surface area contributed by atoms with Gasteiger partial charge in [-0.15, -0.1) is 0 Å². The predicted molar refractivity (Wildman–Crippen MR) is 74.7 cm³/mol. The van der Waals surface area contributed by atoms with Gasteiger partial charge in [-0.1, -0.05) is 42.0 Å². The van der Waals surface area contributed by atoms with Gasteiger partial charge in [-0.05, 0) is 46.4 Å². The molecule has 2 N–H and O–H groups in total. The molecule has 0 radical (unpaired) electrons. The zero-order chi connectivity index (χ0) is 13.1. The molecule has 0 bridgehead atoms. The molecule has 2 aliphatic carbocycles. The third-order valence-corrected chi connectivity index (χ3v) is 4.07. The minimum absolute atomic E-state index is 0.827. The van der Waals surface area contributed by atoms with Crippen molar-refractivity contribution < 1.29 is 10.2 Å². The molecular formula is C17H14O2. The van der Waals surface area contributed by atoms with Crippen molar-refractivity contribution in [3.8, 4) is 11.1 Å². The van der Waals surface area contributed by atoms with Crippen LogP contribution in [0.5, 0.6) is 0 Å². The maximum absolute atomic E-state index is 10.2. The van der Waals surface area contributed by atoms with Gasteiger partial charge in [0.15, 0.2) is 0 Å². The van der Waals surface area contributed by atoms with Crippen LogP contribution in [0.25, 0.3) is 16.7 Å². The molecule has 4 rings (SSSR count). The van der Waals surface area contributed by atoms with E-state index in [1.54, 1.807) is 6.08 Å². The summed E-state index contributed by atoms with van der Waals surface area (Å²) in [5.74, 6) is 0. The molecule has 19 heavy (non-hydrogen) atoms. The number of aryl methyl sites for hydroxylation is 1. The van der Waals surface area contributed by atoms with Crippen LogP contribution in [0.15, 0.2) is 42.5 Å². The zero-order valence-corrected chi connectivity index (χ0v) is 10.6. The van der Waals surface area contributed by atoms with E-state index in [2.05, 4.69) is 18.2 Å². The van der Waals surface area contributed by atoms with Gasteiger partial charge in [0.1, 0.15) is 12.2 Å². The third kappa shape index (κ3) is 1.33. The Hall–Kier alpha value is -1.90. The van der Waals surface area contributed by atoms with Crippen LogP contribution in [0, 0.1) is 6.92 Å². The van der Waals surface area contributed by atoms with E-state index >= 15 is 0 Å². The summed E-state index contributed by atoms with van der Waals surface area (Å²) in [5, 5.41) is 20.2. The van der Waals surface area contributed by atoms with Gasteiger partial charge in [0.05, 0.1) is 0 Å². The van der Waals surface area contributed by atoms with Crippen LogP contribution in [0.4, 0.5) is 0 Å². The van der Waals surface area contributed by atoms with E-state index in [0.717, 1.165) is 27.8 Å². The summed E-state index contributed by atoms with van der Waals surface area (Å²) in [6.45, 7) is 2.02. The van der Waals surface area contributed by atoms with Gasteiger partial charge in [0, 0.05) is 0 Å². The Kier molecular flexibility index (Phi) is 2.06. The summed E-state index contributed by atoms with van der Waals surface area (Å²) in [5.41, 5.74) is 7.60. The summed E-state index contributed by atoms with van der Waals surface area (Å²) in [6, 6.07) is 12.3. The molecule has 0 aliphatic heterocycles. The summed E-state index contributed by atoms with van der Waals surface area (Å²) >= 11 is 0. The monoisotopic (exact) mass is 250 g/mol. The molecule has 2 aromatic rings. The molecule has 0 amide bonds. The van der Waals surface area contributed by atoms with Crippen LogP contribution in [0.2, 0.25) is 0 Å². The first kappa shape index (κ1) is 11.0. The van der Waals surface area contributed by atoms with Gasteiger partial charge in [-0.2, -0.15) is 0 Å². The summed E-state index contributed by atoms with van der Waals surface area (Å²) in [4.78, 5) is 0. The fraction of sp³-hybridized carbons (Fsp3) is 0.176. The molecule has 2 unspecified atom stereocenters. The van der Waals surface area contributed by atoms with Gasteiger partial charge in [-0.25, -0.2) is 0 Å². The Morgan fingerprint density at radius 3 is 2.47 bits per heavy atom. The lowest BCUT2D eigenvalue weighted by atomic mass is 9.85. The summed E-state index contributed by atoms with van der Waals surface area (Å²) < 4.78 is 0. The molecule has 0 aromatic heterocycles. The van der Waals surface area contributed by atoms with Gasteiger partial charge in [-0.3, -0.25) is 0 Å². The lowest BCUT2D eigenvalue weighted by molar-refractivity contribution is 0.0467. The highest BCUT2D eigenvalue weighted by Crippen LogP contribution is 2.50. The molecule has 2 aliphatic rings. The molecule has 0 saturated heterocycles. The molecule has 0 spiro atoms. The van der Waals surface area contributed by atoms with E-state index in [1.807, 2.05) is 25.1 Å². The lowest BCUT2D eigenvalue weighted by Crippen LogP contribution is -2.21. The molecular weight excluding hydrogens is 236 g/mol. The van der Waals surface area contributed by atoms with Gasteiger partial charge < -0.3 is 10.2 Å². The first-order valence-electron chi connectivity index (χ1n) is 6.49. The number of fused-ring (bicyclic) bond motifs is 3. The van der Waals surface area contributed by atoms with Gasteiger partial charge in [0.2, 0.25) is 0 Å². The SMILES string of the molecule is Cc1cc2c3c(c1)C(O)C(O)C=C3c1ccccc1-2. The highest BCUT2D eigenvalue weighted by Gasteiger charge is 2.34. The molecule has 0 saturated carbocycles. The summed E-state index contributed by atoms with van der Waals surface area (Å²) in [7, 11) is 0. The van der Waals surface area contributed by atoms with Crippen molar-refractivity contribution in [1.82, 2.24) is 0 Å². The Bertz CT molecular complexity index is 728. The van der Waals surface area contributed by atoms with Gasteiger partial charge in [0.25, 0.3) is 0 Å². The number of hydrogen-bond donors (Lipinski definition) is 2. The molecule has 2 atom stereocenters. The van der Waals surface area contributed by atoms with Crippen LogP contribution < -0.4 is 0 Å². The first-order chi connectivity index (χ1) is 9.16. The number of benzene rings is 2. The highest BCUT2D eigenvalue weighted by molar-refractivity contribution is 6.03. The fourth-order valence-corrected chi connectivity index (χ4v) is 3.27. The number of rotatable bonds is 0. The molecule has 2 heteroatoms. The number of aliphatic hydroxyl groups is 2. The zero-order valence-electron chi connectivity index (χ0n) is 10.6. The minimum Gasteiger partial charge on any atom is -0.386 e. The minimum atomic E-state index is -0.830. The molecule has 2 nitrogen and oxygen atoms in total. The van der Waals surface area contributed by atoms with Crippen molar-refractivity contribution in [2.24, 2.45) is 0 Å². The van der Waals surface area contributed by atoms with E-state index in [1.165, 1.54) is 11.1 Å². The third-order valence-electron chi connectivity index (χ3n) is 4.07. The fourth-order valence-electron chi connectivity index (χ4n) is 3.27. The Balaban J connectivity index is 2.15. The van der Waals surface area contributed by atoms with Crippen LogP contribution >= 0.6 is 0 Å². The predicted octanol–water partition coefficient (Wildman–Crippen LogP) is 2.82. The van der Waals surface area contributed by atoms with E-state index < -0.39 is 12.2 Å². The van der Waals surface area contributed by atoms with E-state index in [-0.39, 0.29) is 0 Å². The normalized spacial score (nSPS) is 22.8. The van der Waals surface area contributed by atoms with Crippen LogP contribution in [0.3, 0.4) is 0 Å². The molecule has 0 fully saturated rings. The topological polar surface area (TPSA) is 40.5 Å². The smallest absolute Gasteiger partial charge is 0.109 e. The van der Waals surface area contributed by atoms with Gasteiger partial charge >= 0.3 is 0 Å². The second kappa shape index (κ2) is 3.56. The molecule has 94 valence electrons. The van der Waals surface area contributed by atoms with Crippen LogP contribution in [-0.2, 0) is 0 Å². The van der Waals surface area contributed by atoms with Crippen LogP contribution in [0.1, 0.15) is 28.4 Å². The second-order valence-electron chi connectivity index (χ2n) is 5.34. The van der Waals surface area contributed by atoms with Crippen molar-refractivity contribution in [3.05, 3.63) is 64.7 Å². The molecule has 2 aromatic carbocycles. The lowest BCUT2D eigenvalue weighted by Gasteiger charge is -2.25. The maximum atomic E-state index is 10.2. The Labute approximate surface area is 111 Å². The Morgan fingerprint density at radius 2 is 1.68 bits per heavy atom. The van der Waals surface area contributed by atoms with Crippen molar-refractivity contribution in [1.29, 1.82) is 0 Å². The van der Waals surface area contributed by atoms with Crippen molar-refractivity contribution in [2.45, 2.75) is 19.1 Å². The van der Waals surface area contributed by atoms with Crippen molar-refractivity contribution in [2.75, 3.05) is 0 Å². The van der Waals surface area contributed by atoms with Crippen molar-refractivity contribution in [3.63, 3.8) is 0 Å². The largest absolute Gasteiger partial charge is 0.386 e. The van der Waals surface area contributed by atoms with E-state index in [9.17, 15) is 10.2 Å². The average molecular weight is 250 g/mol. The maximum Gasteiger partial charge on any atom is 0.109 e. The molecule has 0 heterocycles. The van der Waals surface area contributed by atoms with Crippen LogP contribution in [-0.4, -0.2) is 16.3 Å². The van der Waals surface area contributed by atoms with E-state index in [4.69, 9.17) is 0 Å². The second-order valence-corrected chi connectivity index (χ2v) is 5.34. The van der Waals surface area contributed by atoms with Crippen molar-refractivity contribution >= 4 is 5.57 Å². The Morgan fingerprint density at radius 1 is 0.947 bits per heavy atom. The van der Waals surface area contributed by atoms with E-state index in [0.29, 0.717) is 0 Å². The highest BCUT2D eigenvalue weighted by atomic mass is 16.3. The average Bonchev–Trinajstić information content (AvgIpc) is 2.71. The number of hydrogen-bond acceptors (Lipinski definition) is 2. The summed E-state index contributed by atoms with van der Waals surface area (Å²) in [6.07, 6.45) is 0.118. The number of aliphatic hydroxyl groups excluding tert-OH is 2. The standard InChI is InChI=1S/C17H14O2/c1-9-6-12-10-4-2-3-5-11(10)13-8-15(18)17(19)14(7-9)16(12)13/h2-8,15,17-19H,1H3. The quantitative estimate of drug-likeness (QED) is 0.644. The first-order valence-corrected chi connectivity index (χ1v) is 6.49.